The molecule has 1 aromatic rings. The van der Waals surface area contributed by atoms with Crippen molar-refractivity contribution in [1.82, 2.24) is 4.90 Å². The molecule has 0 bridgehead atoms. The molecule has 5 heteroatoms. The summed E-state index contributed by atoms with van der Waals surface area (Å²) in [6, 6.07) is 9.14. The van der Waals surface area contributed by atoms with E-state index in [1.54, 1.807) is 0 Å². The third kappa shape index (κ3) is 2.80. The van der Waals surface area contributed by atoms with Crippen LogP contribution < -0.4 is 4.74 Å². The minimum absolute atomic E-state index is 0.145. The Kier molecular flexibility index (Phi) is 3.82. The van der Waals surface area contributed by atoms with Crippen LogP contribution in [-0.4, -0.2) is 41.1 Å². The van der Waals surface area contributed by atoms with Crippen molar-refractivity contribution >= 4 is 11.9 Å². The zero-order valence-corrected chi connectivity index (χ0v) is 9.91. The monoisotopic (exact) mass is 249 g/mol. The molecule has 0 aliphatic carbocycles. The van der Waals surface area contributed by atoms with Gasteiger partial charge in [0.15, 0.2) is 0 Å². The fraction of sp³-hybridized carbons (Fsp3) is 0.385. The van der Waals surface area contributed by atoms with Crippen LogP contribution in [-0.2, 0) is 9.59 Å². The summed E-state index contributed by atoms with van der Waals surface area (Å²) in [5.74, 6) is -1.51. The Morgan fingerprint density at radius 2 is 2.06 bits per heavy atom. The van der Waals surface area contributed by atoms with Crippen molar-refractivity contribution in [1.29, 1.82) is 0 Å². The van der Waals surface area contributed by atoms with E-state index in [1.807, 2.05) is 30.3 Å². The van der Waals surface area contributed by atoms with Crippen molar-refractivity contribution in [3.05, 3.63) is 30.3 Å². The summed E-state index contributed by atoms with van der Waals surface area (Å²) in [5, 5.41) is 8.71. The maximum absolute atomic E-state index is 11.4. The van der Waals surface area contributed by atoms with Gasteiger partial charge >= 0.3 is 11.9 Å². The average Bonchev–Trinajstić information content (AvgIpc) is 2.84. The number of carboxylic acids is 1. The van der Waals surface area contributed by atoms with Crippen LogP contribution in [0.15, 0.2) is 30.3 Å². The highest BCUT2D eigenvalue weighted by Gasteiger charge is 2.32. The van der Waals surface area contributed by atoms with Gasteiger partial charge in [-0.1, -0.05) is 18.2 Å². The Labute approximate surface area is 105 Å². The Balaban J connectivity index is 1.92. The molecule has 18 heavy (non-hydrogen) atoms. The maximum Gasteiger partial charge on any atom is 0.394 e. The zero-order chi connectivity index (χ0) is 13.0. The van der Waals surface area contributed by atoms with Crippen LogP contribution in [0.25, 0.3) is 0 Å². The molecular weight excluding hydrogens is 234 g/mol. The largest absolute Gasteiger partial charge is 0.491 e. The van der Waals surface area contributed by atoms with E-state index < -0.39 is 11.9 Å². The summed E-state index contributed by atoms with van der Waals surface area (Å²) >= 11 is 0. The molecular formula is C13H15NO4. The molecule has 0 saturated carbocycles. The molecule has 0 radical (unpaired) electrons. The first-order chi connectivity index (χ1) is 8.68. The highest BCUT2D eigenvalue weighted by Crippen LogP contribution is 2.19. The topological polar surface area (TPSA) is 66.8 Å². The maximum atomic E-state index is 11.4. The van der Waals surface area contributed by atoms with Gasteiger partial charge in [0.25, 0.3) is 0 Å². The fourth-order valence-electron chi connectivity index (χ4n) is 2.11. The highest BCUT2D eigenvalue weighted by molar-refractivity contribution is 6.31. The van der Waals surface area contributed by atoms with E-state index in [9.17, 15) is 9.59 Å². The van der Waals surface area contributed by atoms with Crippen LogP contribution in [0, 0.1) is 0 Å². The number of aliphatic carboxylic acids is 1. The lowest BCUT2D eigenvalue weighted by molar-refractivity contribution is -0.156. The first-order valence-electron chi connectivity index (χ1n) is 5.90. The van der Waals surface area contributed by atoms with Crippen LogP contribution in [0.4, 0.5) is 0 Å². The number of para-hydroxylation sites is 1. The predicted molar refractivity (Wildman–Crippen MR) is 64.3 cm³/mol. The molecule has 1 amide bonds. The van der Waals surface area contributed by atoms with Gasteiger partial charge in [-0.2, -0.15) is 0 Å². The van der Waals surface area contributed by atoms with Gasteiger partial charge in [0.2, 0.25) is 0 Å². The Morgan fingerprint density at radius 1 is 1.33 bits per heavy atom. The van der Waals surface area contributed by atoms with Gasteiger partial charge < -0.3 is 14.7 Å². The van der Waals surface area contributed by atoms with Crippen LogP contribution in [0.5, 0.6) is 5.75 Å². The Morgan fingerprint density at radius 3 is 2.72 bits per heavy atom. The first-order valence-corrected chi connectivity index (χ1v) is 5.90. The van der Waals surface area contributed by atoms with E-state index in [0.717, 1.165) is 18.6 Å². The molecule has 1 N–H and O–H groups in total. The molecule has 5 nitrogen and oxygen atoms in total. The van der Waals surface area contributed by atoms with Crippen molar-refractivity contribution in [2.75, 3.05) is 13.2 Å². The second-order valence-electron chi connectivity index (χ2n) is 4.22. The van der Waals surface area contributed by atoms with Gasteiger partial charge in [0.05, 0.1) is 6.04 Å². The van der Waals surface area contributed by atoms with E-state index in [4.69, 9.17) is 9.84 Å². The van der Waals surface area contributed by atoms with Crippen LogP contribution in [0.1, 0.15) is 12.8 Å². The summed E-state index contributed by atoms with van der Waals surface area (Å²) in [4.78, 5) is 23.5. The van der Waals surface area contributed by atoms with Crippen LogP contribution >= 0.6 is 0 Å². The molecule has 2 rings (SSSR count). The van der Waals surface area contributed by atoms with Gasteiger partial charge in [0.1, 0.15) is 12.4 Å². The number of benzene rings is 1. The number of carbonyl (C=O) groups is 2. The highest BCUT2D eigenvalue weighted by atomic mass is 16.5. The molecule has 0 spiro atoms. The molecule has 1 aliphatic rings. The van der Waals surface area contributed by atoms with Crippen LogP contribution in [0.3, 0.4) is 0 Å². The molecule has 0 unspecified atom stereocenters. The standard InChI is InChI=1S/C13H15NO4/c15-12(13(16)17)14-8-4-5-10(14)9-18-11-6-2-1-3-7-11/h1-3,6-7,10H,4-5,8-9H2,(H,16,17)/t10-/m0/s1. The van der Waals surface area contributed by atoms with Crippen molar-refractivity contribution in [3.63, 3.8) is 0 Å². The Bertz CT molecular complexity index is 432. The smallest absolute Gasteiger partial charge is 0.394 e. The van der Waals surface area contributed by atoms with Crippen molar-refractivity contribution in [3.8, 4) is 5.75 Å². The third-order valence-corrected chi connectivity index (χ3v) is 3.01. The number of hydrogen-bond acceptors (Lipinski definition) is 3. The molecule has 1 fully saturated rings. The average molecular weight is 249 g/mol. The molecule has 1 heterocycles. The lowest BCUT2D eigenvalue weighted by Gasteiger charge is -2.22. The van der Waals surface area contributed by atoms with Crippen LogP contribution in [0.2, 0.25) is 0 Å². The van der Waals surface area contributed by atoms with Gasteiger partial charge in [-0.15, -0.1) is 0 Å². The summed E-state index contributed by atoms with van der Waals surface area (Å²) in [7, 11) is 0. The van der Waals surface area contributed by atoms with Crippen molar-refractivity contribution in [2.45, 2.75) is 18.9 Å². The summed E-state index contributed by atoms with van der Waals surface area (Å²) in [5.41, 5.74) is 0. The third-order valence-electron chi connectivity index (χ3n) is 3.01. The first kappa shape index (κ1) is 12.4. The fourth-order valence-corrected chi connectivity index (χ4v) is 2.11. The number of hydrogen-bond donors (Lipinski definition) is 1. The van der Waals surface area contributed by atoms with Gasteiger partial charge in [-0.05, 0) is 25.0 Å². The number of carbonyl (C=O) groups excluding carboxylic acids is 1. The minimum Gasteiger partial charge on any atom is -0.491 e. The number of carboxylic acid groups (broad SMARTS) is 1. The quantitative estimate of drug-likeness (QED) is 0.816. The summed E-state index contributed by atoms with van der Waals surface area (Å²) in [6.45, 7) is 0.830. The number of amides is 1. The molecule has 1 saturated heterocycles. The minimum atomic E-state index is -1.40. The van der Waals surface area contributed by atoms with E-state index in [0.29, 0.717) is 13.2 Å². The van der Waals surface area contributed by atoms with Crippen molar-refractivity contribution in [2.24, 2.45) is 0 Å². The number of likely N-dealkylation sites (tertiary alicyclic amines) is 1. The normalized spacial score (nSPS) is 18.7. The van der Waals surface area contributed by atoms with E-state index in [1.165, 1.54) is 4.90 Å². The van der Waals surface area contributed by atoms with Gasteiger partial charge in [-0.25, -0.2) is 4.79 Å². The predicted octanol–water partition coefficient (Wildman–Crippen LogP) is 1.14. The lowest BCUT2D eigenvalue weighted by atomic mass is 10.2. The SMILES string of the molecule is O=C(O)C(=O)N1CCC[C@H]1COc1ccccc1. The van der Waals surface area contributed by atoms with E-state index in [2.05, 4.69) is 0 Å². The van der Waals surface area contributed by atoms with Gasteiger partial charge in [-0.3, -0.25) is 4.79 Å². The second-order valence-corrected chi connectivity index (χ2v) is 4.22. The number of nitrogens with zero attached hydrogens (tertiary/aromatic N) is 1. The lowest BCUT2D eigenvalue weighted by Crippen LogP contribution is -2.42. The van der Waals surface area contributed by atoms with Crippen molar-refractivity contribution < 1.29 is 19.4 Å². The number of rotatable bonds is 3. The van der Waals surface area contributed by atoms with E-state index in [-0.39, 0.29) is 6.04 Å². The van der Waals surface area contributed by atoms with Gasteiger partial charge in [0, 0.05) is 6.54 Å². The molecule has 1 aliphatic heterocycles. The number of ether oxygens (including phenoxy) is 1. The van der Waals surface area contributed by atoms with E-state index >= 15 is 0 Å². The molecule has 1 aromatic carbocycles. The zero-order valence-electron chi connectivity index (χ0n) is 9.91. The molecule has 96 valence electrons. The Hall–Kier alpha value is -2.04. The second kappa shape index (κ2) is 5.53. The summed E-state index contributed by atoms with van der Waals surface area (Å²) in [6.07, 6.45) is 1.60. The summed E-state index contributed by atoms with van der Waals surface area (Å²) < 4.78 is 5.56. The molecule has 1 atom stereocenters. The molecule has 0 aromatic heterocycles.